The van der Waals surface area contributed by atoms with E-state index in [0.717, 1.165) is 19.2 Å². The predicted molar refractivity (Wildman–Crippen MR) is 49.4 cm³/mol. The average molecular weight is 180 g/mol. The third kappa shape index (κ3) is 4.62. The Labute approximate surface area is 75.1 Å². The fourth-order valence-electron chi connectivity index (χ4n) is 1.50. The van der Waals surface area contributed by atoms with Gasteiger partial charge in [0, 0.05) is 19.7 Å². The predicted octanol–water partition coefficient (Wildman–Crippen LogP) is 1.59. The lowest BCUT2D eigenvalue weighted by atomic mass is 10.2. The third-order valence-corrected chi connectivity index (χ3v) is 2.09. The van der Waals surface area contributed by atoms with Crippen LogP contribution in [-0.4, -0.2) is 26.3 Å². The van der Waals surface area contributed by atoms with Gasteiger partial charge >= 0.3 is 0 Å². The Morgan fingerprint density at radius 1 is 1.36 bits per heavy atom. The van der Waals surface area contributed by atoms with Crippen molar-refractivity contribution in [3.63, 3.8) is 0 Å². The number of nitrogens with one attached hydrogen (secondary N) is 1. The molecular weight excluding hydrogens is 162 g/mol. The van der Waals surface area contributed by atoms with Gasteiger partial charge in [-0.15, -0.1) is 12.4 Å². The van der Waals surface area contributed by atoms with E-state index in [1.165, 1.54) is 25.7 Å². The molecule has 0 heterocycles. The van der Waals surface area contributed by atoms with Gasteiger partial charge in [0.05, 0.1) is 6.61 Å². The number of hydrogen-bond donors (Lipinski definition) is 1. The molecule has 1 aliphatic rings. The molecule has 1 aliphatic carbocycles. The molecule has 0 spiro atoms. The highest BCUT2D eigenvalue weighted by atomic mass is 35.5. The first-order valence-corrected chi connectivity index (χ1v) is 4.16. The van der Waals surface area contributed by atoms with Crippen molar-refractivity contribution in [1.29, 1.82) is 0 Å². The van der Waals surface area contributed by atoms with Crippen molar-refractivity contribution in [1.82, 2.24) is 5.32 Å². The molecule has 11 heavy (non-hydrogen) atoms. The van der Waals surface area contributed by atoms with Gasteiger partial charge in [0.2, 0.25) is 0 Å². The van der Waals surface area contributed by atoms with Crippen LogP contribution in [0.4, 0.5) is 0 Å². The molecule has 0 aromatic carbocycles. The van der Waals surface area contributed by atoms with Crippen LogP contribution >= 0.6 is 12.4 Å². The van der Waals surface area contributed by atoms with Crippen LogP contribution in [0.3, 0.4) is 0 Å². The van der Waals surface area contributed by atoms with Crippen LogP contribution in [0.5, 0.6) is 0 Å². The Morgan fingerprint density at radius 2 is 2.00 bits per heavy atom. The van der Waals surface area contributed by atoms with Gasteiger partial charge in [-0.1, -0.05) is 12.8 Å². The van der Waals surface area contributed by atoms with Crippen molar-refractivity contribution in [3.8, 4) is 0 Å². The van der Waals surface area contributed by atoms with Gasteiger partial charge in [0.1, 0.15) is 0 Å². The molecule has 1 rings (SSSR count). The summed E-state index contributed by atoms with van der Waals surface area (Å²) in [7, 11) is 1.75. The molecular formula is C8H18ClNO. The lowest BCUT2D eigenvalue weighted by molar-refractivity contribution is 0.196. The van der Waals surface area contributed by atoms with Crippen molar-refractivity contribution in [2.24, 2.45) is 0 Å². The SMILES string of the molecule is COCCNC1CCCC1.Cl. The summed E-state index contributed by atoms with van der Waals surface area (Å²) in [5.74, 6) is 0. The number of hydrogen-bond acceptors (Lipinski definition) is 2. The zero-order valence-electron chi connectivity index (χ0n) is 7.14. The largest absolute Gasteiger partial charge is 0.383 e. The lowest BCUT2D eigenvalue weighted by Crippen LogP contribution is -2.29. The highest BCUT2D eigenvalue weighted by Gasteiger charge is 2.12. The van der Waals surface area contributed by atoms with Crippen LogP contribution < -0.4 is 5.32 Å². The first-order chi connectivity index (χ1) is 4.93. The first-order valence-electron chi connectivity index (χ1n) is 4.16. The standard InChI is InChI=1S/C8H17NO.ClH/c1-10-7-6-9-8-4-2-3-5-8;/h8-9H,2-7H2,1H3;1H. The van der Waals surface area contributed by atoms with E-state index in [0.29, 0.717) is 0 Å². The number of ether oxygens (including phenoxy) is 1. The maximum atomic E-state index is 4.94. The zero-order valence-corrected chi connectivity index (χ0v) is 7.95. The van der Waals surface area contributed by atoms with E-state index in [4.69, 9.17) is 4.74 Å². The Bertz CT molecular complexity index is 84.2. The smallest absolute Gasteiger partial charge is 0.0587 e. The molecule has 0 aliphatic heterocycles. The van der Waals surface area contributed by atoms with Crippen molar-refractivity contribution < 1.29 is 4.74 Å². The van der Waals surface area contributed by atoms with Gasteiger partial charge in [-0.2, -0.15) is 0 Å². The highest BCUT2D eigenvalue weighted by molar-refractivity contribution is 5.85. The van der Waals surface area contributed by atoms with Crippen LogP contribution in [0.15, 0.2) is 0 Å². The molecule has 1 saturated carbocycles. The summed E-state index contributed by atoms with van der Waals surface area (Å²) in [6.45, 7) is 1.86. The summed E-state index contributed by atoms with van der Waals surface area (Å²) in [6.07, 6.45) is 5.54. The van der Waals surface area contributed by atoms with E-state index in [1.54, 1.807) is 7.11 Å². The molecule has 1 N–H and O–H groups in total. The summed E-state index contributed by atoms with van der Waals surface area (Å²) in [4.78, 5) is 0. The Kier molecular flexibility index (Phi) is 7.02. The molecule has 68 valence electrons. The maximum absolute atomic E-state index is 4.94. The molecule has 0 atom stereocenters. The van der Waals surface area contributed by atoms with E-state index >= 15 is 0 Å². The van der Waals surface area contributed by atoms with Crippen molar-refractivity contribution in [3.05, 3.63) is 0 Å². The Morgan fingerprint density at radius 3 is 2.55 bits per heavy atom. The van der Waals surface area contributed by atoms with Crippen LogP contribution in [0.25, 0.3) is 0 Å². The number of methoxy groups -OCH3 is 1. The van der Waals surface area contributed by atoms with Crippen molar-refractivity contribution in [2.75, 3.05) is 20.3 Å². The molecule has 0 amide bonds. The minimum Gasteiger partial charge on any atom is -0.383 e. The van der Waals surface area contributed by atoms with E-state index in [2.05, 4.69) is 5.32 Å². The van der Waals surface area contributed by atoms with E-state index in [9.17, 15) is 0 Å². The fraction of sp³-hybridized carbons (Fsp3) is 1.00. The molecule has 2 nitrogen and oxygen atoms in total. The Balaban J connectivity index is 0.000001000. The summed E-state index contributed by atoms with van der Waals surface area (Å²) < 4.78 is 4.94. The summed E-state index contributed by atoms with van der Waals surface area (Å²) in [5.41, 5.74) is 0. The topological polar surface area (TPSA) is 21.3 Å². The Hall–Kier alpha value is 0.210. The molecule has 0 bridgehead atoms. The van der Waals surface area contributed by atoms with Crippen molar-refractivity contribution >= 4 is 12.4 Å². The summed E-state index contributed by atoms with van der Waals surface area (Å²) in [6, 6.07) is 0.787. The van der Waals surface area contributed by atoms with Crippen LogP contribution in [-0.2, 0) is 4.74 Å². The zero-order chi connectivity index (χ0) is 7.23. The lowest BCUT2D eigenvalue weighted by Gasteiger charge is -2.09. The van der Waals surface area contributed by atoms with Crippen LogP contribution in [0.2, 0.25) is 0 Å². The average Bonchev–Trinajstić information content (AvgIpc) is 2.41. The normalized spacial score (nSPS) is 18.3. The second-order valence-corrected chi connectivity index (χ2v) is 2.93. The number of halogens is 1. The van der Waals surface area contributed by atoms with Gasteiger partial charge < -0.3 is 10.1 Å². The van der Waals surface area contributed by atoms with Gasteiger partial charge in [0.25, 0.3) is 0 Å². The second-order valence-electron chi connectivity index (χ2n) is 2.93. The fourth-order valence-corrected chi connectivity index (χ4v) is 1.50. The summed E-state index contributed by atoms with van der Waals surface area (Å²) in [5, 5.41) is 3.46. The van der Waals surface area contributed by atoms with Gasteiger partial charge in [-0.05, 0) is 12.8 Å². The monoisotopic (exact) mass is 179 g/mol. The van der Waals surface area contributed by atoms with E-state index in [-0.39, 0.29) is 12.4 Å². The van der Waals surface area contributed by atoms with Gasteiger partial charge in [0.15, 0.2) is 0 Å². The van der Waals surface area contributed by atoms with Gasteiger partial charge in [-0.3, -0.25) is 0 Å². The quantitative estimate of drug-likeness (QED) is 0.662. The molecule has 0 aromatic rings. The highest BCUT2D eigenvalue weighted by Crippen LogP contribution is 2.16. The van der Waals surface area contributed by atoms with Crippen LogP contribution in [0.1, 0.15) is 25.7 Å². The molecule has 3 heteroatoms. The first kappa shape index (κ1) is 11.2. The third-order valence-electron chi connectivity index (χ3n) is 2.09. The molecule has 1 fully saturated rings. The molecule has 0 saturated heterocycles. The molecule has 0 radical (unpaired) electrons. The van der Waals surface area contributed by atoms with E-state index < -0.39 is 0 Å². The van der Waals surface area contributed by atoms with Crippen molar-refractivity contribution in [2.45, 2.75) is 31.7 Å². The minimum absolute atomic E-state index is 0. The second kappa shape index (κ2) is 6.89. The maximum Gasteiger partial charge on any atom is 0.0587 e. The molecule has 0 aromatic heterocycles. The van der Waals surface area contributed by atoms with Gasteiger partial charge in [-0.25, -0.2) is 0 Å². The van der Waals surface area contributed by atoms with Crippen LogP contribution in [0, 0.1) is 0 Å². The summed E-state index contributed by atoms with van der Waals surface area (Å²) >= 11 is 0. The van der Waals surface area contributed by atoms with E-state index in [1.807, 2.05) is 0 Å². The number of rotatable bonds is 4. The molecule has 0 unspecified atom stereocenters. The minimum atomic E-state index is 0.